The molecule has 2 atom stereocenters. The van der Waals surface area contributed by atoms with Crippen LogP contribution < -0.4 is 24.3 Å². The molecule has 0 radical (unpaired) electrons. The number of benzene rings is 2. The van der Waals surface area contributed by atoms with E-state index in [1.165, 1.54) is 0 Å². The topological polar surface area (TPSA) is 92.3 Å². The summed E-state index contributed by atoms with van der Waals surface area (Å²) in [4.78, 5) is 27.8. The molecule has 1 fully saturated rings. The Morgan fingerprint density at radius 1 is 0.881 bits per heavy atom. The van der Waals surface area contributed by atoms with Gasteiger partial charge in [0.1, 0.15) is 6.10 Å². The minimum atomic E-state index is -0.580. The maximum atomic E-state index is 14.1. The first-order valence-corrected chi connectivity index (χ1v) is 14.9. The van der Waals surface area contributed by atoms with Crippen molar-refractivity contribution < 1.29 is 33.3 Å². The van der Waals surface area contributed by atoms with Gasteiger partial charge in [-0.15, -0.1) is 0 Å². The van der Waals surface area contributed by atoms with E-state index in [1.54, 1.807) is 21.3 Å². The van der Waals surface area contributed by atoms with Crippen LogP contribution in [0.4, 0.5) is 0 Å². The number of carbonyl (C=O) groups excluding carboxylic acids is 2. The molecule has 42 heavy (non-hydrogen) atoms. The normalized spacial score (nSPS) is 20.6. The Labute approximate surface area is 248 Å². The molecule has 2 aliphatic carbocycles. The van der Waals surface area contributed by atoms with Crippen LogP contribution >= 0.6 is 0 Å². The number of ketones is 1. The van der Waals surface area contributed by atoms with Crippen molar-refractivity contribution >= 4 is 11.8 Å². The van der Waals surface area contributed by atoms with E-state index in [0.29, 0.717) is 59.3 Å². The molecule has 0 saturated heterocycles. The highest BCUT2D eigenvalue weighted by Gasteiger charge is 2.42. The summed E-state index contributed by atoms with van der Waals surface area (Å²) in [5.74, 6) is 1.46. The molecule has 0 unspecified atom stereocenters. The van der Waals surface area contributed by atoms with Crippen LogP contribution in [0.5, 0.6) is 23.0 Å². The lowest BCUT2D eigenvalue weighted by Crippen LogP contribution is -2.36. The molecule has 1 heterocycles. The van der Waals surface area contributed by atoms with E-state index in [1.807, 2.05) is 50.2 Å². The van der Waals surface area contributed by atoms with Crippen molar-refractivity contribution in [1.82, 2.24) is 5.32 Å². The first kappa shape index (κ1) is 29.5. The Bertz CT molecular complexity index is 1400. The van der Waals surface area contributed by atoms with Crippen LogP contribution in [-0.2, 0) is 14.3 Å². The number of methoxy groups -OCH3 is 3. The number of dihydropyridines is 1. The molecule has 0 spiro atoms. The minimum Gasteiger partial charge on any atom is -0.493 e. The van der Waals surface area contributed by atoms with E-state index in [9.17, 15) is 9.59 Å². The van der Waals surface area contributed by atoms with E-state index >= 15 is 0 Å². The van der Waals surface area contributed by atoms with Gasteiger partial charge in [-0.2, -0.15) is 0 Å². The Morgan fingerprint density at radius 3 is 2.21 bits per heavy atom. The van der Waals surface area contributed by atoms with Gasteiger partial charge in [-0.3, -0.25) is 4.79 Å². The average Bonchev–Trinajstić information content (AvgIpc) is 3.51. The average molecular weight is 576 g/mol. The van der Waals surface area contributed by atoms with Gasteiger partial charge in [0.2, 0.25) is 0 Å². The number of ether oxygens (including phenoxy) is 5. The van der Waals surface area contributed by atoms with Crippen LogP contribution in [0.2, 0.25) is 0 Å². The van der Waals surface area contributed by atoms with Crippen LogP contribution in [0.15, 0.2) is 58.9 Å². The lowest BCUT2D eigenvalue weighted by molar-refractivity contribution is -0.144. The molecule has 224 valence electrons. The van der Waals surface area contributed by atoms with Crippen molar-refractivity contribution in [3.63, 3.8) is 0 Å². The van der Waals surface area contributed by atoms with Crippen molar-refractivity contribution in [2.75, 3.05) is 27.9 Å². The molecule has 0 bridgehead atoms. The molecule has 1 saturated carbocycles. The smallest absolute Gasteiger partial charge is 0.337 e. The standard InChI is InChI=1S/C34H41NO7/c1-6-15-41-28-14-12-22(19-30(28)40-5)32-31(34(37)42-24-9-7-8-10-24)20(2)35-25-16-23(17-26(36)33(25)32)21-11-13-27(38-3)29(18-21)39-4/h11-14,18-19,23-24,32,35H,6-10,15-17H2,1-5H3/t23-,32+/m1/s1. The molecule has 0 aromatic heterocycles. The molecule has 0 amide bonds. The predicted molar refractivity (Wildman–Crippen MR) is 159 cm³/mol. The van der Waals surface area contributed by atoms with Gasteiger partial charge in [0.05, 0.1) is 33.5 Å². The third-order valence-corrected chi connectivity index (χ3v) is 8.49. The summed E-state index contributed by atoms with van der Waals surface area (Å²) in [6.45, 7) is 4.50. The van der Waals surface area contributed by atoms with E-state index in [4.69, 9.17) is 23.7 Å². The Morgan fingerprint density at radius 2 is 1.52 bits per heavy atom. The van der Waals surface area contributed by atoms with Crippen LogP contribution in [0.25, 0.3) is 0 Å². The van der Waals surface area contributed by atoms with Gasteiger partial charge in [-0.05, 0) is 86.8 Å². The maximum absolute atomic E-state index is 14.1. The number of allylic oxidation sites excluding steroid dienone is 3. The summed E-state index contributed by atoms with van der Waals surface area (Å²) in [5.41, 5.74) is 4.41. The molecule has 8 heteroatoms. The van der Waals surface area contributed by atoms with Crippen molar-refractivity contribution in [1.29, 1.82) is 0 Å². The third kappa shape index (κ3) is 5.85. The zero-order valence-electron chi connectivity index (χ0n) is 25.2. The summed E-state index contributed by atoms with van der Waals surface area (Å²) in [6, 6.07) is 11.5. The van der Waals surface area contributed by atoms with Crippen LogP contribution in [0.1, 0.15) is 81.8 Å². The maximum Gasteiger partial charge on any atom is 0.337 e. The lowest BCUT2D eigenvalue weighted by Gasteiger charge is -2.37. The van der Waals surface area contributed by atoms with Gasteiger partial charge in [-0.1, -0.05) is 19.1 Å². The van der Waals surface area contributed by atoms with E-state index < -0.39 is 5.92 Å². The summed E-state index contributed by atoms with van der Waals surface area (Å²) in [7, 11) is 4.81. The van der Waals surface area contributed by atoms with E-state index in [2.05, 4.69) is 5.32 Å². The van der Waals surface area contributed by atoms with Gasteiger partial charge in [0.25, 0.3) is 0 Å². The zero-order chi connectivity index (χ0) is 29.8. The summed E-state index contributed by atoms with van der Waals surface area (Å²) in [5, 5.41) is 3.45. The fourth-order valence-electron chi connectivity index (χ4n) is 6.40. The molecular formula is C34H41NO7. The second-order valence-corrected chi connectivity index (χ2v) is 11.2. The van der Waals surface area contributed by atoms with Crippen molar-refractivity contribution in [2.45, 2.75) is 76.7 Å². The summed E-state index contributed by atoms with van der Waals surface area (Å²) < 4.78 is 28.5. The van der Waals surface area contributed by atoms with E-state index in [0.717, 1.165) is 48.9 Å². The second kappa shape index (κ2) is 12.9. The zero-order valence-corrected chi connectivity index (χ0v) is 25.2. The third-order valence-electron chi connectivity index (χ3n) is 8.49. The summed E-state index contributed by atoms with van der Waals surface area (Å²) in [6.07, 6.45) is 5.55. The van der Waals surface area contributed by atoms with Gasteiger partial charge < -0.3 is 29.0 Å². The van der Waals surface area contributed by atoms with Crippen molar-refractivity contribution in [2.24, 2.45) is 0 Å². The van der Waals surface area contributed by atoms with Crippen LogP contribution in [0, 0.1) is 0 Å². The molecule has 5 rings (SSSR count). The van der Waals surface area contributed by atoms with Gasteiger partial charge in [-0.25, -0.2) is 4.79 Å². The quantitative estimate of drug-likeness (QED) is 0.328. The highest BCUT2D eigenvalue weighted by atomic mass is 16.5. The number of hydrogen-bond donors (Lipinski definition) is 1. The fourth-order valence-corrected chi connectivity index (χ4v) is 6.40. The molecular weight excluding hydrogens is 534 g/mol. The van der Waals surface area contributed by atoms with Crippen LogP contribution in [-0.4, -0.2) is 45.8 Å². The minimum absolute atomic E-state index is 0.00234. The highest BCUT2D eigenvalue weighted by molar-refractivity contribution is 6.04. The number of hydrogen-bond acceptors (Lipinski definition) is 8. The molecule has 3 aliphatic rings. The van der Waals surface area contributed by atoms with Gasteiger partial charge in [0, 0.05) is 29.3 Å². The molecule has 1 aliphatic heterocycles. The molecule has 1 N–H and O–H groups in total. The predicted octanol–water partition coefficient (Wildman–Crippen LogP) is 6.35. The van der Waals surface area contributed by atoms with E-state index in [-0.39, 0.29) is 23.8 Å². The number of rotatable bonds is 10. The van der Waals surface area contributed by atoms with Gasteiger partial charge in [0.15, 0.2) is 28.8 Å². The SMILES string of the molecule is CCCOc1ccc([C@H]2C(C(=O)OC3CCCC3)=C(C)NC3=C2C(=O)C[C@H](c2ccc(OC)c(OC)c2)C3)cc1OC. The molecule has 2 aromatic rings. The van der Waals surface area contributed by atoms with Crippen molar-refractivity contribution in [3.8, 4) is 23.0 Å². The number of esters is 1. The summed E-state index contributed by atoms with van der Waals surface area (Å²) >= 11 is 0. The Hall–Kier alpha value is -3.94. The largest absolute Gasteiger partial charge is 0.493 e. The Balaban J connectivity index is 1.55. The van der Waals surface area contributed by atoms with Crippen LogP contribution in [0.3, 0.4) is 0 Å². The fraction of sp³-hybridized carbons (Fsp3) is 0.471. The van der Waals surface area contributed by atoms with Crippen molar-refractivity contribution in [3.05, 3.63) is 70.1 Å². The highest BCUT2D eigenvalue weighted by Crippen LogP contribution is 2.48. The number of nitrogens with one attached hydrogen (secondary N) is 1. The number of Topliss-reactive ketones (excluding diaryl/α,β-unsaturated/α-hetero) is 1. The van der Waals surface area contributed by atoms with Gasteiger partial charge >= 0.3 is 5.97 Å². The first-order chi connectivity index (χ1) is 20.4. The second-order valence-electron chi connectivity index (χ2n) is 11.2. The first-order valence-electron chi connectivity index (χ1n) is 14.9. The Kier molecular flexibility index (Phi) is 9.09. The lowest BCUT2D eigenvalue weighted by atomic mass is 9.71. The molecule has 2 aromatic carbocycles. The monoisotopic (exact) mass is 575 g/mol. The number of carbonyl (C=O) groups is 2. The molecule has 8 nitrogen and oxygen atoms in total.